The Bertz CT molecular complexity index is 958. The van der Waals surface area contributed by atoms with Crippen molar-refractivity contribution in [1.29, 1.82) is 0 Å². The lowest BCUT2D eigenvalue weighted by Gasteiger charge is -2.42. The molecule has 5 rings (SSSR count). The molecule has 0 unspecified atom stereocenters. The molecule has 0 radical (unpaired) electrons. The van der Waals surface area contributed by atoms with Crippen LogP contribution in [0.5, 0.6) is 0 Å². The van der Waals surface area contributed by atoms with E-state index in [0.717, 1.165) is 38.3 Å². The van der Waals surface area contributed by atoms with E-state index in [1.165, 1.54) is 47.4 Å². The maximum atomic E-state index is 10.1. The second-order valence-corrected chi connectivity index (χ2v) is 12.5. The first-order chi connectivity index (χ1) is 15.2. The maximum absolute atomic E-state index is 10.1. The number of aromatic nitrogens is 1. The largest absolute Gasteiger partial charge is 0.391 e. The molecule has 4 nitrogen and oxygen atoms in total. The number of hydrogen-bond acceptors (Lipinski definition) is 5. The van der Waals surface area contributed by atoms with Gasteiger partial charge in [0, 0.05) is 29.4 Å². The minimum absolute atomic E-state index is 0.179. The minimum Gasteiger partial charge on any atom is -0.391 e. The van der Waals surface area contributed by atoms with E-state index in [1.807, 2.05) is 11.3 Å². The van der Waals surface area contributed by atoms with Crippen LogP contribution < -0.4 is 5.32 Å². The molecule has 0 saturated carbocycles. The number of nitrogens with zero attached hydrogens (tertiary/aromatic N) is 2. The summed E-state index contributed by atoms with van der Waals surface area (Å²) < 4.78 is 0. The van der Waals surface area contributed by atoms with Gasteiger partial charge < -0.3 is 15.3 Å². The first kappa shape index (κ1) is 22.5. The van der Waals surface area contributed by atoms with E-state index in [0.29, 0.717) is 5.92 Å². The van der Waals surface area contributed by atoms with Gasteiger partial charge in [-0.1, -0.05) is 39.8 Å². The fourth-order valence-corrected chi connectivity index (χ4v) is 6.94. The zero-order valence-corrected chi connectivity index (χ0v) is 21.0. The van der Waals surface area contributed by atoms with Crippen molar-refractivity contribution >= 4 is 11.3 Å². The van der Waals surface area contributed by atoms with Crippen LogP contribution in [0.15, 0.2) is 23.6 Å². The summed E-state index contributed by atoms with van der Waals surface area (Å²) in [6.45, 7) is 13.7. The molecule has 2 aliphatic heterocycles. The molecule has 0 amide bonds. The van der Waals surface area contributed by atoms with Gasteiger partial charge in [-0.25, -0.2) is 4.98 Å². The number of thiazole rings is 1. The van der Waals surface area contributed by atoms with Crippen molar-refractivity contribution in [1.82, 2.24) is 15.2 Å². The number of aliphatic hydroxyl groups is 1. The Balaban J connectivity index is 1.28. The monoisotopic (exact) mass is 453 g/mol. The highest BCUT2D eigenvalue weighted by Crippen LogP contribution is 2.47. The number of nitrogens with one attached hydrogen (secondary N) is 1. The molecule has 3 heterocycles. The average Bonchev–Trinajstić information content (AvgIpc) is 3.42. The molecular weight excluding hydrogens is 414 g/mol. The van der Waals surface area contributed by atoms with Crippen LogP contribution in [0.1, 0.15) is 81.9 Å². The van der Waals surface area contributed by atoms with Gasteiger partial charge in [-0.2, -0.15) is 0 Å². The van der Waals surface area contributed by atoms with Gasteiger partial charge in [-0.15, -0.1) is 11.3 Å². The Labute approximate surface area is 197 Å². The highest BCUT2D eigenvalue weighted by Gasteiger charge is 2.37. The highest BCUT2D eigenvalue weighted by atomic mass is 32.1. The Morgan fingerprint density at radius 3 is 2.47 bits per heavy atom. The van der Waals surface area contributed by atoms with Crippen molar-refractivity contribution in [2.45, 2.75) is 88.7 Å². The van der Waals surface area contributed by atoms with Crippen molar-refractivity contribution in [3.05, 3.63) is 39.7 Å². The average molecular weight is 454 g/mol. The van der Waals surface area contributed by atoms with Crippen molar-refractivity contribution in [2.75, 3.05) is 26.2 Å². The molecule has 5 heteroatoms. The molecule has 1 aromatic carbocycles. The third-order valence-corrected chi connectivity index (χ3v) is 9.38. The van der Waals surface area contributed by atoms with Gasteiger partial charge in [0.25, 0.3) is 0 Å². The normalized spacial score (nSPS) is 28.0. The summed E-state index contributed by atoms with van der Waals surface area (Å²) in [7, 11) is 0. The molecule has 3 aliphatic rings. The molecule has 2 aromatic rings. The van der Waals surface area contributed by atoms with Crippen molar-refractivity contribution in [3.63, 3.8) is 0 Å². The standard InChI is InChI=1S/C27H39N3OS/c1-26(2)10-11-27(3,4)21-15-19(5-6-20(21)26)23-17-32-25(29-23)18-8-13-30(14-9-18)16-22-24(31)7-12-28-22/h5-6,15,17-18,22,24,28,31H,7-14,16H2,1-4H3/t22-,24+/m1/s1. The van der Waals surface area contributed by atoms with Crippen LogP contribution in [0.25, 0.3) is 11.3 Å². The molecule has 174 valence electrons. The van der Waals surface area contributed by atoms with E-state index in [2.05, 4.69) is 61.5 Å². The summed E-state index contributed by atoms with van der Waals surface area (Å²) in [5, 5.41) is 17.1. The van der Waals surface area contributed by atoms with Crippen LogP contribution in [0, 0.1) is 0 Å². The predicted molar refractivity (Wildman–Crippen MR) is 134 cm³/mol. The summed E-state index contributed by atoms with van der Waals surface area (Å²) in [6, 6.07) is 7.34. The summed E-state index contributed by atoms with van der Waals surface area (Å²) in [5.41, 5.74) is 5.94. The topological polar surface area (TPSA) is 48.4 Å². The Kier molecular flexibility index (Phi) is 5.98. The fraction of sp³-hybridized carbons (Fsp3) is 0.667. The van der Waals surface area contributed by atoms with E-state index in [-0.39, 0.29) is 23.0 Å². The number of rotatable bonds is 4. The highest BCUT2D eigenvalue weighted by molar-refractivity contribution is 7.10. The second kappa shape index (κ2) is 8.50. The van der Waals surface area contributed by atoms with Gasteiger partial charge in [0.15, 0.2) is 0 Å². The lowest BCUT2D eigenvalue weighted by molar-refractivity contribution is 0.119. The van der Waals surface area contributed by atoms with Crippen LogP contribution in [-0.4, -0.2) is 53.3 Å². The molecule has 0 bridgehead atoms. The van der Waals surface area contributed by atoms with E-state index < -0.39 is 0 Å². The molecular formula is C27H39N3OS. The lowest BCUT2D eigenvalue weighted by atomic mass is 9.63. The number of likely N-dealkylation sites (tertiary alicyclic amines) is 1. The zero-order chi connectivity index (χ0) is 22.5. The van der Waals surface area contributed by atoms with Crippen molar-refractivity contribution in [3.8, 4) is 11.3 Å². The van der Waals surface area contributed by atoms with Crippen LogP contribution >= 0.6 is 11.3 Å². The van der Waals surface area contributed by atoms with Crippen molar-refractivity contribution in [2.24, 2.45) is 0 Å². The first-order valence-corrected chi connectivity index (χ1v) is 13.4. The first-order valence-electron chi connectivity index (χ1n) is 12.5. The third-order valence-electron chi connectivity index (χ3n) is 8.37. The number of aliphatic hydroxyl groups excluding tert-OH is 1. The number of fused-ring (bicyclic) bond motifs is 1. The second-order valence-electron chi connectivity index (χ2n) is 11.6. The fourth-order valence-electron chi connectivity index (χ4n) is 5.94. The van der Waals surface area contributed by atoms with Crippen molar-refractivity contribution < 1.29 is 5.11 Å². The van der Waals surface area contributed by atoms with Gasteiger partial charge in [-0.05, 0) is 79.8 Å². The SMILES string of the molecule is CC1(C)CCC(C)(C)c2cc(-c3csc(C4CCN(C[C@H]5NCC[C@@H]5O)CC4)n3)ccc21. The summed E-state index contributed by atoms with van der Waals surface area (Å²) in [6.07, 6.45) is 5.54. The van der Waals surface area contributed by atoms with Gasteiger partial charge in [0.05, 0.1) is 16.8 Å². The zero-order valence-electron chi connectivity index (χ0n) is 20.2. The van der Waals surface area contributed by atoms with Crippen LogP contribution in [0.3, 0.4) is 0 Å². The van der Waals surface area contributed by atoms with Gasteiger partial charge in [0.2, 0.25) is 0 Å². The third kappa shape index (κ3) is 4.29. The van der Waals surface area contributed by atoms with Crippen LogP contribution in [0.4, 0.5) is 0 Å². The summed E-state index contributed by atoms with van der Waals surface area (Å²) >= 11 is 1.84. The van der Waals surface area contributed by atoms with Crippen LogP contribution in [0.2, 0.25) is 0 Å². The van der Waals surface area contributed by atoms with E-state index >= 15 is 0 Å². The van der Waals surface area contributed by atoms with Gasteiger partial charge >= 0.3 is 0 Å². The van der Waals surface area contributed by atoms with Crippen LogP contribution in [-0.2, 0) is 10.8 Å². The minimum atomic E-state index is -0.179. The molecule has 1 aromatic heterocycles. The summed E-state index contributed by atoms with van der Waals surface area (Å²) in [4.78, 5) is 7.64. The molecule has 0 spiro atoms. The smallest absolute Gasteiger partial charge is 0.0964 e. The van der Waals surface area contributed by atoms with E-state index in [1.54, 1.807) is 0 Å². The van der Waals surface area contributed by atoms with Gasteiger partial charge in [0.1, 0.15) is 0 Å². The lowest BCUT2D eigenvalue weighted by Crippen LogP contribution is -2.45. The predicted octanol–water partition coefficient (Wildman–Crippen LogP) is 5.06. The molecule has 1 aliphatic carbocycles. The Hall–Kier alpha value is -1.27. The molecule has 2 saturated heterocycles. The summed E-state index contributed by atoms with van der Waals surface area (Å²) in [5.74, 6) is 0.569. The molecule has 32 heavy (non-hydrogen) atoms. The van der Waals surface area contributed by atoms with E-state index in [9.17, 15) is 5.11 Å². The number of benzene rings is 1. The molecule has 2 N–H and O–H groups in total. The molecule has 2 atom stereocenters. The quantitative estimate of drug-likeness (QED) is 0.679. The van der Waals surface area contributed by atoms with Gasteiger partial charge in [-0.3, -0.25) is 0 Å². The number of piperidine rings is 1. The Morgan fingerprint density at radius 1 is 1.06 bits per heavy atom. The number of hydrogen-bond donors (Lipinski definition) is 2. The Morgan fingerprint density at radius 2 is 1.78 bits per heavy atom. The maximum Gasteiger partial charge on any atom is 0.0964 e. The van der Waals surface area contributed by atoms with E-state index in [4.69, 9.17) is 4.98 Å². The molecule has 2 fully saturated rings.